The first-order valence-electron chi connectivity index (χ1n) is 10.2. The zero-order valence-electron chi connectivity index (χ0n) is 17.8. The second-order valence-electron chi connectivity index (χ2n) is 7.26. The third-order valence-electron chi connectivity index (χ3n) is 5.01. The summed E-state index contributed by atoms with van der Waals surface area (Å²) in [7, 11) is 3.32. The molecule has 0 spiro atoms. The molecule has 1 saturated heterocycles. The highest BCUT2D eigenvalue weighted by Gasteiger charge is 2.19. The zero-order valence-corrected chi connectivity index (χ0v) is 18.6. The highest BCUT2D eigenvalue weighted by Crippen LogP contribution is 2.37. The summed E-state index contributed by atoms with van der Waals surface area (Å²) in [6.07, 6.45) is 0.854. The van der Waals surface area contributed by atoms with E-state index in [0.717, 1.165) is 38.3 Å². The maximum Gasteiger partial charge on any atom is 0.254 e. The number of nitrogens with zero attached hydrogens (tertiary/aromatic N) is 2. The summed E-state index contributed by atoms with van der Waals surface area (Å²) in [5.74, 6) is 0.802. The summed E-state index contributed by atoms with van der Waals surface area (Å²) in [4.78, 5) is 16.9. The monoisotopic (exact) mass is 432 g/mol. The van der Waals surface area contributed by atoms with Crippen LogP contribution in [0.1, 0.15) is 29.3 Å². The Morgan fingerprint density at radius 3 is 2.53 bits per heavy atom. The molecule has 0 aromatic heterocycles. The van der Waals surface area contributed by atoms with Gasteiger partial charge in [0.25, 0.3) is 5.91 Å². The molecule has 0 radical (unpaired) electrons. The zero-order chi connectivity index (χ0) is 21.5. The fraction of sp³-hybridized carbons (Fsp3) is 0.435. The van der Waals surface area contributed by atoms with Crippen LogP contribution >= 0.6 is 11.6 Å². The lowest BCUT2D eigenvalue weighted by atomic mass is 10.1. The average molecular weight is 433 g/mol. The number of hydrogen-bond acceptors (Lipinski definition) is 5. The normalized spacial score (nSPS) is 13.8. The van der Waals surface area contributed by atoms with Crippen LogP contribution in [0.3, 0.4) is 0 Å². The van der Waals surface area contributed by atoms with Crippen molar-refractivity contribution in [2.24, 2.45) is 0 Å². The van der Waals surface area contributed by atoms with Crippen molar-refractivity contribution in [1.29, 1.82) is 0 Å². The minimum absolute atomic E-state index is 0.130. The maximum atomic E-state index is 13.0. The smallest absolute Gasteiger partial charge is 0.254 e. The molecular weight excluding hydrogens is 404 g/mol. The number of benzene rings is 2. The molecule has 30 heavy (non-hydrogen) atoms. The van der Waals surface area contributed by atoms with Crippen LogP contribution in [0.5, 0.6) is 11.5 Å². The summed E-state index contributed by atoms with van der Waals surface area (Å²) < 4.78 is 16.5. The molecule has 2 aromatic rings. The first-order chi connectivity index (χ1) is 14.5. The molecule has 0 N–H and O–H groups in total. The van der Waals surface area contributed by atoms with Crippen LogP contribution in [0.25, 0.3) is 0 Å². The summed E-state index contributed by atoms with van der Waals surface area (Å²) in [5.41, 5.74) is 2.70. The van der Waals surface area contributed by atoms with Crippen LogP contribution in [-0.4, -0.2) is 57.9 Å². The van der Waals surface area contributed by atoms with Gasteiger partial charge >= 0.3 is 0 Å². The quantitative estimate of drug-likeness (QED) is 0.624. The van der Waals surface area contributed by atoms with E-state index < -0.39 is 0 Å². The average Bonchev–Trinajstić information content (AvgIpc) is 2.78. The minimum atomic E-state index is -0.130. The predicted octanol–water partition coefficient (Wildman–Crippen LogP) is 4.25. The number of hydrogen-bond donors (Lipinski definition) is 0. The van der Waals surface area contributed by atoms with E-state index in [4.69, 9.17) is 25.8 Å². The van der Waals surface area contributed by atoms with Gasteiger partial charge in [-0.3, -0.25) is 4.79 Å². The highest BCUT2D eigenvalue weighted by atomic mass is 35.5. The van der Waals surface area contributed by atoms with E-state index in [0.29, 0.717) is 35.2 Å². The van der Waals surface area contributed by atoms with E-state index >= 15 is 0 Å². The lowest BCUT2D eigenvalue weighted by molar-refractivity contribution is 0.0784. The molecular formula is C23H29ClN2O4. The van der Waals surface area contributed by atoms with Gasteiger partial charge < -0.3 is 24.0 Å². The molecule has 0 aliphatic carbocycles. The van der Waals surface area contributed by atoms with Crippen molar-refractivity contribution in [2.75, 3.05) is 52.0 Å². The molecule has 1 amide bonds. The Kier molecular flexibility index (Phi) is 7.82. The molecule has 1 fully saturated rings. The van der Waals surface area contributed by atoms with Crippen LogP contribution in [-0.2, 0) is 11.3 Å². The Morgan fingerprint density at radius 1 is 1.20 bits per heavy atom. The van der Waals surface area contributed by atoms with Gasteiger partial charge in [-0.2, -0.15) is 0 Å². The van der Waals surface area contributed by atoms with E-state index in [2.05, 4.69) is 29.2 Å². The van der Waals surface area contributed by atoms with Crippen LogP contribution in [0.4, 0.5) is 5.69 Å². The van der Waals surface area contributed by atoms with E-state index in [9.17, 15) is 4.79 Å². The lowest BCUT2D eigenvalue weighted by Crippen LogP contribution is -2.36. The van der Waals surface area contributed by atoms with Crippen molar-refractivity contribution >= 4 is 23.2 Å². The summed E-state index contributed by atoms with van der Waals surface area (Å²) >= 11 is 6.36. The first kappa shape index (κ1) is 22.2. The number of morpholine rings is 1. The van der Waals surface area contributed by atoms with E-state index in [1.165, 1.54) is 5.69 Å². The largest absolute Gasteiger partial charge is 0.493 e. The van der Waals surface area contributed by atoms with Gasteiger partial charge in [0.1, 0.15) is 0 Å². The molecule has 0 saturated carbocycles. The number of amides is 1. The van der Waals surface area contributed by atoms with E-state index in [1.54, 1.807) is 31.2 Å². The number of rotatable bonds is 8. The number of carbonyl (C=O) groups excluding carboxylic acids is 1. The Balaban J connectivity index is 1.68. The Bertz CT molecular complexity index is 851. The van der Waals surface area contributed by atoms with Crippen LogP contribution in [0.2, 0.25) is 5.02 Å². The van der Waals surface area contributed by atoms with Crippen molar-refractivity contribution in [3.63, 3.8) is 0 Å². The molecule has 0 atom stereocenters. The summed E-state index contributed by atoms with van der Waals surface area (Å²) in [6, 6.07) is 11.6. The van der Waals surface area contributed by atoms with Gasteiger partial charge in [-0.15, -0.1) is 0 Å². The van der Waals surface area contributed by atoms with Crippen LogP contribution in [0, 0.1) is 0 Å². The van der Waals surface area contributed by atoms with Gasteiger partial charge in [0.15, 0.2) is 11.5 Å². The molecule has 0 unspecified atom stereocenters. The Hall–Kier alpha value is -2.44. The van der Waals surface area contributed by atoms with Gasteiger partial charge in [-0.1, -0.05) is 30.7 Å². The summed E-state index contributed by atoms with van der Waals surface area (Å²) in [5, 5.41) is 0.370. The summed E-state index contributed by atoms with van der Waals surface area (Å²) in [6.45, 7) is 6.36. The van der Waals surface area contributed by atoms with Gasteiger partial charge in [-0.25, -0.2) is 0 Å². The Morgan fingerprint density at radius 2 is 1.90 bits per heavy atom. The van der Waals surface area contributed by atoms with Crippen molar-refractivity contribution in [2.45, 2.75) is 19.9 Å². The number of halogens is 1. The van der Waals surface area contributed by atoms with Crippen LogP contribution < -0.4 is 14.4 Å². The van der Waals surface area contributed by atoms with Crippen molar-refractivity contribution in [3.05, 3.63) is 52.5 Å². The molecule has 1 aliphatic heterocycles. The van der Waals surface area contributed by atoms with Gasteiger partial charge in [0.05, 0.1) is 32.0 Å². The standard InChI is InChI=1S/C23H29ClN2O4/c1-4-11-30-22-20(24)14-18(15-21(22)28-3)23(27)25(2)16-17-5-7-19(8-6-17)26-9-12-29-13-10-26/h5-8,14-15H,4,9-13,16H2,1-3H3. The molecule has 1 heterocycles. The fourth-order valence-corrected chi connectivity index (χ4v) is 3.65. The minimum Gasteiger partial charge on any atom is -0.493 e. The lowest BCUT2D eigenvalue weighted by Gasteiger charge is -2.29. The molecule has 3 rings (SSSR count). The number of carbonyl (C=O) groups is 1. The van der Waals surface area contributed by atoms with Crippen molar-refractivity contribution in [1.82, 2.24) is 4.90 Å². The molecule has 0 bridgehead atoms. The first-order valence-corrected chi connectivity index (χ1v) is 10.6. The van der Waals surface area contributed by atoms with Gasteiger partial charge in [0.2, 0.25) is 0 Å². The molecule has 6 nitrogen and oxygen atoms in total. The highest BCUT2D eigenvalue weighted by molar-refractivity contribution is 6.32. The SMILES string of the molecule is CCCOc1c(Cl)cc(C(=O)N(C)Cc2ccc(N3CCOCC3)cc2)cc1OC. The van der Waals surface area contributed by atoms with Crippen molar-refractivity contribution in [3.8, 4) is 11.5 Å². The number of ether oxygens (including phenoxy) is 3. The second kappa shape index (κ2) is 10.5. The molecule has 1 aliphatic rings. The molecule has 7 heteroatoms. The second-order valence-corrected chi connectivity index (χ2v) is 7.67. The van der Waals surface area contributed by atoms with Crippen molar-refractivity contribution < 1.29 is 19.0 Å². The number of methoxy groups -OCH3 is 1. The van der Waals surface area contributed by atoms with Crippen LogP contribution in [0.15, 0.2) is 36.4 Å². The third-order valence-corrected chi connectivity index (χ3v) is 5.29. The predicted molar refractivity (Wildman–Crippen MR) is 119 cm³/mol. The molecule has 2 aromatic carbocycles. The van der Waals surface area contributed by atoms with Gasteiger partial charge in [-0.05, 0) is 36.2 Å². The van der Waals surface area contributed by atoms with Gasteiger partial charge in [0, 0.05) is 37.9 Å². The van der Waals surface area contributed by atoms with E-state index in [-0.39, 0.29) is 5.91 Å². The fourth-order valence-electron chi connectivity index (χ4n) is 3.39. The topological polar surface area (TPSA) is 51.2 Å². The van der Waals surface area contributed by atoms with E-state index in [1.807, 2.05) is 6.92 Å². The third kappa shape index (κ3) is 5.37. The maximum absolute atomic E-state index is 13.0. The number of anilines is 1. The molecule has 162 valence electrons. The Labute approximate surface area is 183 Å².